The minimum absolute atomic E-state index is 0.0790. The molecule has 1 heterocycles. The summed E-state index contributed by atoms with van der Waals surface area (Å²) in [5.41, 5.74) is 6.45. The van der Waals surface area contributed by atoms with Crippen molar-refractivity contribution < 1.29 is 9.16 Å². The highest BCUT2D eigenvalue weighted by Gasteiger charge is 2.41. The van der Waals surface area contributed by atoms with Gasteiger partial charge < -0.3 is 9.16 Å². The van der Waals surface area contributed by atoms with Gasteiger partial charge in [-0.1, -0.05) is 32.4 Å². The first-order valence-electron chi connectivity index (χ1n) is 10.8. The van der Waals surface area contributed by atoms with Crippen molar-refractivity contribution >= 4 is 8.32 Å². The second kappa shape index (κ2) is 7.89. The van der Waals surface area contributed by atoms with Gasteiger partial charge in [-0.25, -0.2) is 0 Å². The van der Waals surface area contributed by atoms with Crippen LogP contribution in [0.15, 0.2) is 11.6 Å². The third kappa shape index (κ3) is 4.67. The van der Waals surface area contributed by atoms with Gasteiger partial charge in [0.15, 0.2) is 0 Å². The molecule has 1 aromatic carbocycles. The van der Waals surface area contributed by atoms with Crippen molar-refractivity contribution in [1.82, 2.24) is 0 Å². The van der Waals surface area contributed by atoms with E-state index in [9.17, 15) is 0 Å². The third-order valence-electron chi connectivity index (χ3n) is 6.95. The average molecular weight is 403 g/mol. The standard InChI is InChI=1S/C25H42O2Si/c1-17(2)13-12-15-25(9)16-14-21-20(5)22(18(3)19(4)23(21)26-25)27-28(10,11)24(6,7)8/h13H,12,14-16H2,1-11H3. The molecule has 0 fully saturated rings. The first kappa shape index (κ1) is 23.1. The molecule has 0 N–H and O–H groups in total. The highest BCUT2D eigenvalue weighted by atomic mass is 28.4. The van der Waals surface area contributed by atoms with Crippen LogP contribution in [0.2, 0.25) is 18.1 Å². The van der Waals surface area contributed by atoms with E-state index in [1.54, 1.807) is 0 Å². The average Bonchev–Trinajstić information content (AvgIpc) is 2.55. The minimum Gasteiger partial charge on any atom is -0.543 e. The molecule has 0 radical (unpaired) electrons. The fourth-order valence-corrected chi connectivity index (χ4v) is 4.81. The number of ether oxygens (including phenoxy) is 1. The number of hydrogen-bond donors (Lipinski definition) is 0. The second-order valence-electron chi connectivity index (χ2n) is 10.7. The maximum Gasteiger partial charge on any atom is 0.250 e. The van der Waals surface area contributed by atoms with Crippen molar-refractivity contribution in [2.24, 2.45) is 0 Å². The maximum absolute atomic E-state index is 6.79. The third-order valence-corrected chi connectivity index (χ3v) is 11.3. The molecule has 0 amide bonds. The summed E-state index contributed by atoms with van der Waals surface area (Å²) in [6.45, 7) is 24.8. The van der Waals surface area contributed by atoms with Gasteiger partial charge in [0.2, 0.25) is 0 Å². The van der Waals surface area contributed by atoms with Crippen LogP contribution < -0.4 is 9.16 Å². The van der Waals surface area contributed by atoms with Gasteiger partial charge in [-0.2, -0.15) is 0 Å². The van der Waals surface area contributed by atoms with E-state index < -0.39 is 8.32 Å². The molecule has 2 nitrogen and oxygen atoms in total. The van der Waals surface area contributed by atoms with Gasteiger partial charge in [-0.15, -0.1) is 0 Å². The summed E-state index contributed by atoms with van der Waals surface area (Å²) in [4.78, 5) is 0. The molecule has 1 unspecified atom stereocenters. The van der Waals surface area contributed by atoms with E-state index in [0.29, 0.717) is 0 Å². The molecule has 2 rings (SSSR count). The summed E-state index contributed by atoms with van der Waals surface area (Å²) in [6.07, 6.45) is 6.61. The van der Waals surface area contributed by atoms with Gasteiger partial charge in [-0.05, 0) is 102 Å². The molecule has 0 aromatic heterocycles. The quantitative estimate of drug-likeness (QED) is 0.369. The summed E-state index contributed by atoms with van der Waals surface area (Å²) >= 11 is 0. The Morgan fingerprint density at radius 3 is 2.25 bits per heavy atom. The molecule has 0 aliphatic carbocycles. The predicted octanol–water partition coefficient (Wildman–Crippen LogP) is 7.83. The maximum atomic E-state index is 6.79. The first-order valence-corrected chi connectivity index (χ1v) is 13.7. The van der Waals surface area contributed by atoms with Gasteiger partial charge in [0, 0.05) is 5.56 Å². The fourth-order valence-electron chi connectivity index (χ4n) is 3.69. The van der Waals surface area contributed by atoms with Crippen molar-refractivity contribution in [3.63, 3.8) is 0 Å². The number of hydrogen-bond acceptors (Lipinski definition) is 2. The van der Waals surface area contributed by atoms with Gasteiger partial charge in [0.25, 0.3) is 8.32 Å². The Kier molecular flexibility index (Phi) is 6.50. The van der Waals surface area contributed by atoms with E-state index in [2.05, 4.69) is 81.5 Å². The number of fused-ring (bicyclic) bond motifs is 1. The first-order chi connectivity index (χ1) is 12.7. The predicted molar refractivity (Wildman–Crippen MR) is 124 cm³/mol. The summed E-state index contributed by atoms with van der Waals surface area (Å²) in [5, 5.41) is 0.190. The van der Waals surface area contributed by atoms with Gasteiger partial charge in [0.1, 0.15) is 17.1 Å². The lowest BCUT2D eigenvalue weighted by Crippen LogP contribution is -2.44. The molecule has 1 aromatic rings. The van der Waals surface area contributed by atoms with Crippen LogP contribution in [0.5, 0.6) is 11.5 Å². The van der Waals surface area contributed by atoms with Gasteiger partial charge >= 0.3 is 0 Å². The zero-order chi connectivity index (χ0) is 21.5. The van der Waals surface area contributed by atoms with Crippen LogP contribution in [0.1, 0.15) is 83.1 Å². The lowest BCUT2D eigenvalue weighted by atomic mass is 9.85. The molecule has 158 valence electrons. The van der Waals surface area contributed by atoms with Crippen molar-refractivity contribution in [1.29, 1.82) is 0 Å². The SMILES string of the molecule is CC(C)=CCCC1(C)CCc2c(C)c(O[Si](C)(C)C(C)(C)C)c(C)c(C)c2O1. The van der Waals surface area contributed by atoms with E-state index in [4.69, 9.17) is 9.16 Å². The number of allylic oxidation sites excluding steroid dienone is 2. The van der Waals surface area contributed by atoms with Crippen LogP contribution in [0, 0.1) is 20.8 Å². The lowest BCUT2D eigenvalue weighted by molar-refractivity contribution is 0.0559. The molecule has 1 aliphatic heterocycles. The Labute approximate surface area is 174 Å². The summed E-state index contributed by atoms with van der Waals surface area (Å²) in [7, 11) is -1.88. The Balaban J connectivity index is 2.39. The molecule has 1 atom stereocenters. The number of rotatable bonds is 5. The summed E-state index contributed by atoms with van der Waals surface area (Å²) in [6, 6.07) is 0. The largest absolute Gasteiger partial charge is 0.543 e. The molecule has 0 spiro atoms. The van der Waals surface area contributed by atoms with E-state index in [0.717, 1.165) is 37.2 Å². The highest BCUT2D eigenvalue weighted by molar-refractivity contribution is 6.74. The van der Waals surface area contributed by atoms with Crippen molar-refractivity contribution in [3.8, 4) is 11.5 Å². The monoisotopic (exact) mass is 402 g/mol. The van der Waals surface area contributed by atoms with E-state index in [1.807, 2.05) is 0 Å². The topological polar surface area (TPSA) is 18.5 Å². The smallest absolute Gasteiger partial charge is 0.250 e. The lowest BCUT2D eigenvalue weighted by Gasteiger charge is -2.41. The Morgan fingerprint density at radius 1 is 1.11 bits per heavy atom. The van der Waals surface area contributed by atoms with E-state index in [-0.39, 0.29) is 10.6 Å². The Hall–Kier alpha value is -1.22. The van der Waals surface area contributed by atoms with Crippen molar-refractivity contribution in [3.05, 3.63) is 33.9 Å². The van der Waals surface area contributed by atoms with Crippen LogP contribution in [-0.2, 0) is 6.42 Å². The Bertz CT molecular complexity index is 764. The van der Waals surface area contributed by atoms with Gasteiger partial charge in [-0.3, -0.25) is 0 Å². The van der Waals surface area contributed by atoms with E-state index >= 15 is 0 Å². The van der Waals surface area contributed by atoms with E-state index in [1.165, 1.54) is 27.8 Å². The van der Waals surface area contributed by atoms with Crippen LogP contribution >= 0.6 is 0 Å². The Morgan fingerprint density at radius 2 is 1.71 bits per heavy atom. The molecular weight excluding hydrogens is 360 g/mol. The zero-order valence-corrected chi connectivity index (χ0v) is 21.2. The minimum atomic E-state index is -1.88. The second-order valence-corrected chi connectivity index (χ2v) is 15.5. The van der Waals surface area contributed by atoms with Gasteiger partial charge in [0.05, 0.1) is 0 Å². The van der Waals surface area contributed by atoms with Crippen molar-refractivity contribution in [2.75, 3.05) is 0 Å². The molecular formula is C25H42O2Si. The summed E-state index contributed by atoms with van der Waals surface area (Å²) in [5.74, 6) is 2.23. The molecule has 0 bridgehead atoms. The van der Waals surface area contributed by atoms with Crippen LogP contribution in [0.25, 0.3) is 0 Å². The molecule has 0 saturated carbocycles. The molecule has 0 saturated heterocycles. The van der Waals surface area contributed by atoms with Crippen LogP contribution in [-0.4, -0.2) is 13.9 Å². The fraction of sp³-hybridized carbons (Fsp3) is 0.680. The number of benzene rings is 1. The highest BCUT2D eigenvalue weighted by Crippen LogP contribution is 2.47. The van der Waals surface area contributed by atoms with Crippen molar-refractivity contribution in [2.45, 2.75) is 112 Å². The zero-order valence-electron chi connectivity index (χ0n) is 20.2. The molecule has 28 heavy (non-hydrogen) atoms. The molecule has 3 heteroatoms. The normalized spacial score (nSPS) is 19.7. The van der Waals surface area contributed by atoms with Crippen LogP contribution in [0.3, 0.4) is 0 Å². The molecule has 1 aliphatic rings. The summed E-state index contributed by atoms with van der Waals surface area (Å²) < 4.78 is 13.5. The van der Waals surface area contributed by atoms with Crippen LogP contribution in [0.4, 0.5) is 0 Å².